The fraction of sp³-hybridized carbons (Fsp3) is 0.600. The molecular weight excluding hydrogens is 620 g/mol. The first-order chi connectivity index (χ1) is 20.1. The molecule has 2 fully saturated rings. The fourth-order valence-electron chi connectivity index (χ4n) is 6.09. The van der Waals surface area contributed by atoms with Gasteiger partial charge in [0.15, 0.2) is 0 Å². The molecule has 1 aromatic heterocycles. The van der Waals surface area contributed by atoms with Crippen molar-refractivity contribution < 1.29 is 22.7 Å². The predicted molar refractivity (Wildman–Crippen MR) is 164 cm³/mol. The Hall–Kier alpha value is -0.871. The number of aromatic nitrogens is 1. The number of hydrogen-bond acceptors (Lipinski definition) is 8. The van der Waals surface area contributed by atoms with E-state index >= 15 is 0 Å². The molecule has 3 aliphatic rings. The van der Waals surface area contributed by atoms with Crippen molar-refractivity contribution in [3.8, 4) is 0 Å². The van der Waals surface area contributed by atoms with Crippen molar-refractivity contribution >= 4 is 37.9 Å². The third-order valence-electron chi connectivity index (χ3n) is 8.07. The van der Waals surface area contributed by atoms with Crippen LogP contribution in [0.4, 0.5) is 0 Å². The Balaban J connectivity index is 0.00000124. The van der Waals surface area contributed by atoms with Crippen LogP contribution in [-0.4, -0.2) is 54.8 Å². The summed E-state index contributed by atoms with van der Waals surface area (Å²) < 4.78 is 5.13. The molecule has 0 amide bonds. The molecule has 0 radical (unpaired) electrons. The molecule has 41 heavy (non-hydrogen) atoms. The number of benzene rings is 1. The molecule has 4 atom stereocenters. The van der Waals surface area contributed by atoms with Crippen molar-refractivity contribution in [1.29, 1.82) is 0 Å². The summed E-state index contributed by atoms with van der Waals surface area (Å²) in [6.07, 6.45) is 10.1. The predicted octanol–water partition coefficient (Wildman–Crippen LogP) is 5.78. The van der Waals surface area contributed by atoms with E-state index in [4.69, 9.17) is 29.9 Å². The number of nitrogens with one attached hydrogen (secondary N) is 4. The van der Waals surface area contributed by atoms with Crippen molar-refractivity contribution in [2.75, 3.05) is 19.7 Å². The van der Waals surface area contributed by atoms with Crippen LogP contribution >= 0.6 is 32.0 Å². The van der Waals surface area contributed by atoms with Crippen molar-refractivity contribution in [2.45, 2.75) is 105 Å². The molecule has 0 spiro atoms. The van der Waals surface area contributed by atoms with Crippen molar-refractivity contribution in [1.82, 2.24) is 26.3 Å². The number of hydrogen-bond donors (Lipinski definition) is 4. The van der Waals surface area contributed by atoms with Gasteiger partial charge in [0.1, 0.15) is 0 Å². The van der Waals surface area contributed by atoms with Gasteiger partial charge in [0.05, 0.1) is 23.6 Å². The van der Waals surface area contributed by atoms with E-state index in [2.05, 4.69) is 33.4 Å². The average molecular weight is 664 g/mol. The van der Waals surface area contributed by atoms with Crippen molar-refractivity contribution in [2.24, 2.45) is 0 Å². The summed E-state index contributed by atoms with van der Waals surface area (Å²) in [5, 5.41) is 15.4. The zero-order valence-corrected chi connectivity index (χ0v) is 27.3. The van der Waals surface area contributed by atoms with Crippen molar-refractivity contribution in [3.05, 3.63) is 53.3 Å². The van der Waals surface area contributed by atoms with Gasteiger partial charge in [-0.15, -0.1) is 0 Å². The SMILES string of the molecule is CCOC(=O)c1ccc(Sc2cc3nc(c2)CN[C@@H]2CCCC[C@H]2NCCN[C@@H]2CCCC[C@H]2NC3)cc1.[Cl][Mn][Cl]. The minimum atomic E-state index is -0.273. The third-order valence-corrected chi connectivity index (χ3v) is 9.05. The van der Waals surface area contributed by atoms with E-state index in [1.807, 2.05) is 31.2 Å². The molecule has 2 heterocycles. The summed E-state index contributed by atoms with van der Waals surface area (Å²) in [6.45, 7) is 5.80. The van der Waals surface area contributed by atoms with Crippen LogP contribution in [0.25, 0.3) is 0 Å². The van der Waals surface area contributed by atoms with E-state index in [1.54, 1.807) is 11.8 Å². The Morgan fingerprint density at radius 2 is 1.29 bits per heavy atom. The second kappa shape index (κ2) is 18.1. The number of carbonyl (C=O) groups excluding carboxylic acids is 1. The van der Waals surface area contributed by atoms with Crippen LogP contribution < -0.4 is 21.3 Å². The molecule has 2 saturated carbocycles. The van der Waals surface area contributed by atoms with Gasteiger partial charge in [-0.25, -0.2) is 4.79 Å². The number of rotatable bonds is 4. The van der Waals surface area contributed by atoms with Crippen LogP contribution in [0.5, 0.6) is 0 Å². The van der Waals surface area contributed by atoms with E-state index in [1.165, 1.54) is 56.3 Å². The molecule has 227 valence electrons. The number of halogens is 2. The van der Waals surface area contributed by atoms with E-state index in [9.17, 15) is 4.79 Å². The Kier molecular flexibility index (Phi) is 14.5. The van der Waals surface area contributed by atoms with Gasteiger partial charge in [0.2, 0.25) is 0 Å². The molecule has 0 saturated heterocycles. The van der Waals surface area contributed by atoms with Crippen LogP contribution in [-0.2, 0) is 31.0 Å². The first-order valence-electron chi connectivity index (χ1n) is 14.8. The molecule has 1 aromatic carbocycles. The monoisotopic (exact) mass is 662 g/mol. The number of esters is 1. The molecule has 11 heteroatoms. The van der Waals surface area contributed by atoms with Crippen LogP contribution in [0.3, 0.4) is 0 Å². The number of carbonyl (C=O) groups is 1. The zero-order valence-electron chi connectivity index (χ0n) is 23.8. The molecule has 4 N–H and O–H groups in total. The second-order valence-electron chi connectivity index (χ2n) is 10.9. The maximum absolute atomic E-state index is 12.0. The maximum atomic E-state index is 12.0. The normalized spacial score (nSPS) is 25.2. The van der Waals surface area contributed by atoms with Crippen LogP contribution in [0.2, 0.25) is 0 Å². The third kappa shape index (κ3) is 10.7. The first kappa shape index (κ1) is 33.0. The van der Waals surface area contributed by atoms with E-state index < -0.39 is 0 Å². The topological polar surface area (TPSA) is 87.3 Å². The molecule has 1 aliphatic heterocycles. The van der Waals surface area contributed by atoms with Gasteiger partial charge in [-0.05, 0) is 69.0 Å². The Morgan fingerprint density at radius 3 is 1.76 bits per heavy atom. The summed E-state index contributed by atoms with van der Waals surface area (Å²) in [5.41, 5.74) is 2.77. The van der Waals surface area contributed by atoms with Crippen LogP contribution in [0.1, 0.15) is 80.0 Å². The average Bonchev–Trinajstić information content (AvgIpc) is 2.99. The van der Waals surface area contributed by atoms with Gasteiger partial charge in [-0.2, -0.15) is 0 Å². The Morgan fingerprint density at radius 1 is 0.829 bits per heavy atom. The quantitative estimate of drug-likeness (QED) is 0.242. The van der Waals surface area contributed by atoms with Gasteiger partial charge in [0.25, 0.3) is 0 Å². The molecule has 2 aliphatic carbocycles. The van der Waals surface area contributed by atoms with Gasteiger partial charge in [-0.1, -0.05) is 37.4 Å². The molecule has 2 aromatic rings. The van der Waals surface area contributed by atoms with E-state index in [0.29, 0.717) is 36.3 Å². The molecule has 0 unspecified atom stereocenters. The molecule has 5 rings (SSSR count). The van der Waals surface area contributed by atoms with Gasteiger partial charge in [-0.3, -0.25) is 4.98 Å². The number of nitrogens with zero attached hydrogens (tertiary/aromatic N) is 1. The van der Waals surface area contributed by atoms with Crippen LogP contribution in [0, 0.1) is 0 Å². The number of ether oxygens (including phenoxy) is 1. The van der Waals surface area contributed by atoms with Gasteiger partial charge in [0, 0.05) is 60.1 Å². The second-order valence-corrected chi connectivity index (χ2v) is 13.9. The van der Waals surface area contributed by atoms with E-state index in [-0.39, 0.29) is 19.1 Å². The summed E-state index contributed by atoms with van der Waals surface area (Å²) >= 11 is 1.73. The summed E-state index contributed by atoms with van der Waals surface area (Å²) in [5.74, 6) is -0.273. The standard InChI is InChI=1S/C30H43N5O2S.2ClH.Mn/c1-2-37-30(36)21-11-13-24(14-12-21)38-25-17-22-19-33-28-9-5-3-7-26(28)31-15-16-32-27-8-4-6-10-29(27)34-20-23(18-25)35-22;;;/h11-14,17-18,26-29,31-34H,2-10,15-16,19-20H2,1H3;2*1H;/q;;;+2/p-2/t26-,27-,28-,29-;;;/m1.../s1. The molecular formula is C30H43Cl2MnN5O2S. The van der Waals surface area contributed by atoms with Gasteiger partial charge < -0.3 is 26.0 Å². The van der Waals surface area contributed by atoms with Gasteiger partial charge >= 0.3 is 39.3 Å². The zero-order chi connectivity index (χ0) is 28.9. The van der Waals surface area contributed by atoms with Crippen molar-refractivity contribution in [3.63, 3.8) is 0 Å². The van der Waals surface area contributed by atoms with Crippen LogP contribution in [0.15, 0.2) is 46.2 Å². The summed E-state index contributed by atoms with van der Waals surface area (Å²) in [7, 11) is 9.59. The summed E-state index contributed by atoms with van der Waals surface area (Å²) in [4.78, 5) is 19.4. The molecule has 2 bridgehead atoms. The Labute approximate surface area is 264 Å². The molecule has 7 nitrogen and oxygen atoms in total. The number of fused-ring (bicyclic) bond motifs is 4. The van der Waals surface area contributed by atoms with E-state index in [0.717, 1.165) is 42.5 Å². The summed E-state index contributed by atoms with van der Waals surface area (Å²) in [6, 6.07) is 14.1. The first-order valence-corrected chi connectivity index (χ1v) is 18.9. The number of pyridine rings is 1. The fourth-order valence-corrected chi connectivity index (χ4v) is 7.03. The Bertz CT molecular complexity index is 1040. The minimum absolute atomic E-state index is 0.00694.